The highest BCUT2D eigenvalue weighted by molar-refractivity contribution is 5.81. The van der Waals surface area contributed by atoms with E-state index in [2.05, 4.69) is 12.1 Å². The molecular weight excluding hydrogens is 214 g/mol. The summed E-state index contributed by atoms with van der Waals surface area (Å²) in [6.07, 6.45) is 3.64. The van der Waals surface area contributed by atoms with E-state index in [1.165, 1.54) is 11.1 Å². The second-order valence-corrected chi connectivity index (χ2v) is 5.36. The van der Waals surface area contributed by atoms with Crippen LogP contribution in [0.1, 0.15) is 48.6 Å². The van der Waals surface area contributed by atoms with E-state index in [0.29, 0.717) is 12.3 Å². The third-order valence-electron chi connectivity index (χ3n) is 4.46. The molecule has 3 unspecified atom stereocenters. The Balaban J connectivity index is 2.18. The Morgan fingerprint density at radius 1 is 1.29 bits per heavy atom. The number of carboxylic acids is 1. The summed E-state index contributed by atoms with van der Waals surface area (Å²) < 4.78 is 0. The largest absolute Gasteiger partial charge is 0.480 e. The van der Waals surface area contributed by atoms with Crippen LogP contribution in [0.5, 0.6) is 0 Å². The number of fused-ring (bicyclic) bond motifs is 3. The van der Waals surface area contributed by atoms with Gasteiger partial charge in [0.1, 0.15) is 5.54 Å². The van der Waals surface area contributed by atoms with Gasteiger partial charge in [-0.25, -0.2) is 0 Å². The van der Waals surface area contributed by atoms with Crippen LogP contribution in [0.25, 0.3) is 0 Å². The molecule has 1 aromatic rings. The second-order valence-electron chi connectivity index (χ2n) is 5.36. The summed E-state index contributed by atoms with van der Waals surface area (Å²) in [6, 6.07) is 8.22. The summed E-state index contributed by atoms with van der Waals surface area (Å²) >= 11 is 0. The van der Waals surface area contributed by atoms with Gasteiger partial charge in [0.2, 0.25) is 0 Å². The summed E-state index contributed by atoms with van der Waals surface area (Å²) in [5.74, 6) is -0.537. The van der Waals surface area contributed by atoms with E-state index in [1.54, 1.807) is 0 Å². The Morgan fingerprint density at radius 2 is 2.00 bits per heavy atom. The van der Waals surface area contributed by atoms with Gasteiger partial charge in [-0.3, -0.25) is 4.79 Å². The molecule has 0 heterocycles. The van der Waals surface area contributed by atoms with Crippen LogP contribution in [0, 0.1) is 0 Å². The summed E-state index contributed by atoms with van der Waals surface area (Å²) in [5, 5.41) is 9.45. The molecule has 17 heavy (non-hydrogen) atoms. The number of carbonyl (C=O) groups is 1. The fraction of sp³-hybridized carbons (Fsp3) is 0.500. The molecule has 0 spiro atoms. The Bertz CT molecular complexity index is 471. The topological polar surface area (TPSA) is 63.3 Å². The number of benzene rings is 1. The number of carboxylic acid groups (broad SMARTS) is 1. The van der Waals surface area contributed by atoms with Crippen molar-refractivity contribution in [2.24, 2.45) is 5.73 Å². The van der Waals surface area contributed by atoms with Gasteiger partial charge in [-0.05, 0) is 36.3 Å². The lowest BCUT2D eigenvalue weighted by atomic mass is 9.67. The van der Waals surface area contributed by atoms with Gasteiger partial charge in [-0.1, -0.05) is 30.7 Å². The van der Waals surface area contributed by atoms with Gasteiger partial charge in [0, 0.05) is 5.92 Å². The van der Waals surface area contributed by atoms with E-state index in [1.807, 2.05) is 12.1 Å². The first kappa shape index (κ1) is 10.8. The van der Waals surface area contributed by atoms with E-state index >= 15 is 0 Å². The zero-order valence-corrected chi connectivity index (χ0v) is 9.73. The Hall–Kier alpha value is -1.35. The summed E-state index contributed by atoms with van der Waals surface area (Å²) in [5.41, 5.74) is 7.65. The molecule has 3 aliphatic carbocycles. The van der Waals surface area contributed by atoms with Gasteiger partial charge >= 0.3 is 5.97 Å². The molecule has 0 aliphatic heterocycles. The van der Waals surface area contributed by atoms with Crippen LogP contribution >= 0.6 is 0 Å². The minimum absolute atomic E-state index is 0.0186. The third kappa shape index (κ3) is 1.42. The van der Waals surface area contributed by atoms with Gasteiger partial charge in [0.15, 0.2) is 0 Å². The zero-order chi connectivity index (χ0) is 12.0. The monoisotopic (exact) mass is 231 g/mol. The van der Waals surface area contributed by atoms with Crippen LogP contribution in [-0.4, -0.2) is 16.6 Å². The van der Waals surface area contributed by atoms with Gasteiger partial charge in [0.25, 0.3) is 0 Å². The molecule has 90 valence electrons. The van der Waals surface area contributed by atoms with Crippen LogP contribution in [0.3, 0.4) is 0 Å². The van der Waals surface area contributed by atoms with Crippen molar-refractivity contribution in [1.29, 1.82) is 0 Å². The highest BCUT2D eigenvalue weighted by Gasteiger charge is 2.50. The van der Waals surface area contributed by atoms with Gasteiger partial charge in [-0.15, -0.1) is 0 Å². The van der Waals surface area contributed by atoms with Crippen molar-refractivity contribution in [3.05, 3.63) is 35.4 Å². The molecule has 1 aromatic carbocycles. The highest BCUT2D eigenvalue weighted by Crippen LogP contribution is 2.51. The first-order chi connectivity index (χ1) is 8.13. The maximum atomic E-state index is 11.5. The number of aliphatic carboxylic acids is 1. The molecule has 0 aromatic heterocycles. The lowest BCUT2D eigenvalue weighted by Gasteiger charge is -2.40. The van der Waals surface area contributed by atoms with E-state index in [9.17, 15) is 9.90 Å². The maximum Gasteiger partial charge on any atom is 0.324 e. The van der Waals surface area contributed by atoms with Gasteiger partial charge < -0.3 is 10.8 Å². The minimum Gasteiger partial charge on any atom is -0.480 e. The van der Waals surface area contributed by atoms with Crippen molar-refractivity contribution in [3.63, 3.8) is 0 Å². The zero-order valence-electron chi connectivity index (χ0n) is 9.73. The van der Waals surface area contributed by atoms with Crippen molar-refractivity contribution in [2.75, 3.05) is 0 Å². The number of rotatable bonds is 1. The number of nitrogens with two attached hydrogens (primary N) is 1. The molecule has 1 saturated carbocycles. The standard InChI is InChI=1S/C14H17NO2/c15-14(13(16)17)8-9-4-3-7-12(14)11-6-2-1-5-10(9)11/h1-2,5-6,9,12H,3-4,7-8,15H2,(H,16,17). The molecule has 3 atom stereocenters. The van der Waals surface area contributed by atoms with Crippen molar-refractivity contribution < 1.29 is 9.90 Å². The molecule has 0 amide bonds. The Kier molecular flexibility index (Phi) is 2.26. The SMILES string of the molecule is NC1(C(=O)O)CC2CCCC1c1ccccc12. The van der Waals surface area contributed by atoms with Crippen LogP contribution in [0.15, 0.2) is 24.3 Å². The van der Waals surface area contributed by atoms with Crippen molar-refractivity contribution in [1.82, 2.24) is 0 Å². The van der Waals surface area contributed by atoms with Crippen LogP contribution in [0.2, 0.25) is 0 Å². The smallest absolute Gasteiger partial charge is 0.324 e. The van der Waals surface area contributed by atoms with Crippen molar-refractivity contribution in [3.8, 4) is 0 Å². The molecule has 3 nitrogen and oxygen atoms in total. The van der Waals surface area contributed by atoms with Crippen LogP contribution < -0.4 is 5.73 Å². The molecule has 1 fully saturated rings. The third-order valence-corrected chi connectivity index (χ3v) is 4.46. The summed E-state index contributed by atoms with van der Waals surface area (Å²) in [6.45, 7) is 0. The predicted octanol–water partition coefficient (Wildman–Crippen LogP) is 2.22. The number of hydrogen-bond donors (Lipinski definition) is 2. The molecule has 3 aliphatic rings. The predicted molar refractivity (Wildman–Crippen MR) is 64.9 cm³/mol. The van der Waals surface area contributed by atoms with E-state index in [-0.39, 0.29) is 5.92 Å². The molecule has 4 rings (SSSR count). The molecule has 2 bridgehead atoms. The maximum absolute atomic E-state index is 11.5. The first-order valence-corrected chi connectivity index (χ1v) is 6.24. The average molecular weight is 231 g/mol. The minimum atomic E-state index is -1.06. The van der Waals surface area contributed by atoms with Crippen molar-refractivity contribution in [2.45, 2.75) is 43.1 Å². The molecule has 3 heteroatoms. The first-order valence-electron chi connectivity index (χ1n) is 6.24. The van der Waals surface area contributed by atoms with E-state index in [4.69, 9.17) is 5.73 Å². The second kappa shape index (κ2) is 3.57. The molecule has 0 saturated heterocycles. The number of hydrogen-bond acceptors (Lipinski definition) is 2. The fourth-order valence-electron chi connectivity index (χ4n) is 3.61. The fourth-order valence-corrected chi connectivity index (χ4v) is 3.61. The van der Waals surface area contributed by atoms with Gasteiger partial charge in [-0.2, -0.15) is 0 Å². The van der Waals surface area contributed by atoms with E-state index in [0.717, 1.165) is 19.3 Å². The van der Waals surface area contributed by atoms with E-state index < -0.39 is 11.5 Å². The quantitative estimate of drug-likeness (QED) is 0.779. The Morgan fingerprint density at radius 3 is 2.71 bits per heavy atom. The normalized spacial score (nSPS) is 35.1. The molecule has 0 radical (unpaired) electrons. The van der Waals surface area contributed by atoms with Crippen LogP contribution in [0.4, 0.5) is 0 Å². The lowest BCUT2D eigenvalue weighted by molar-refractivity contribution is -0.145. The summed E-state index contributed by atoms with van der Waals surface area (Å²) in [7, 11) is 0. The van der Waals surface area contributed by atoms with Crippen LogP contribution in [-0.2, 0) is 4.79 Å². The van der Waals surface area contributed by atoms with Crippen molar-refractivity contribution >= 4 is 5.97 Å². The average Bonchev–Trinajstić information content (AvgIpc) is 2.60. The molecule has 3 N–H and O–H groups in total. The van der Waals surface area contributed by atoms with Gasteiger partial charge in [0.05, 0.1) is 0 Å². The lowest BCUT2D eigenvalue weighted by Crippen LogP contribution is -2.55. The highest BCUT2D eigenvalue weighted by atomic mass is 16.4. The Labute approximate surface area is 101 Å². The molecular formula is C14H17NO2. The summed E-state index contributed by atoms with van der Waals surface area (Å²) in [4.78, 5) is 11.5.